The molecule has 0 aliphatic carbocycles. The van der Waals surface area contributed by atoms with Crippen molar-refractivity contribution in [2.45, 2.75) is 0 Å². The summed E-state index contributed by atoms with van der Waals surface area (Å²) in [6, 6.07) is 2.81. The molecule has 9 nitrogen and oxygen atoms in total. The molecule has 3 N–H and O–H groups in total. The second-order valence-electron chi connectivity index (χ2n) is 4.53. The summed E-state index contributed by atoms with van der Waals surface area (Å²) < 4.78 is 0. The van der Waals surface area contributed by atoms with Gasteiger partial charge in [0.1, 0.15) is 17.1 Å². The number of rotatable bonds is 3. The minimum absolute atomic E-state index is 0.0939. The van der Waals surface area contributed by atoms with Crippen molar-refractivity contribution in [3.63, 3.8) is 0 Å². The maximum atomic E-state index is 11.7. The van der Waals surface area contributed by atoms with Gasteiger partial charge in [-0.3, -0.25) is 19.9 Å². The molecule has 22 heavy (non-hydrogen) atoms. The van der Waals surface area contributed by atoms with Crippen LogP contribution in [-0.4, -0.2) is 51.1 Å². The van der Waals surface area contributed by atoms with Crippen molar-refractivity contribution >= 4 is 17.7 Å². The Hall–Kier alpha value is -3.23. The summed E-state index contributed by atoms with van der Waals surface area (Å²) in [5, 5.41) is 10.6. The standard InChI is InChI=1S/C13H13N5O4/c1-18(2)12(20)10-6-14-9(5-15-10)7-3-4-8(11(19)16-7)17-13(21)22/h3-6,17H,1-2H3,(H,16,19)(H,21,22). The number of H-pyrrole nitrogens is 1. The Morgan fingerprint density at radius 1 is 1.23 bits per heavy atom. The van der Waals surface area contributed by atoms with Crippen molar-refractivity contribution in [1.29, 1.82) is 0 Å². The third-order valence-corrected chi connectivity index (χ3v) is 2.70. The normalized spacial score (nSPS) is 10.1. The van der Waals surface area contributed by atoms with Gasteiger partial charge >= 0.3 is 6.09 Å². The lowest BCUT2D eigenvalue weighted by molar-refractivity contribution is 0.0821. The molecule has 2 aromatic heterocycles. The van der Waals surface area contributed by atoms with E-state index in [-0.39, 0.29) is 17.3 Å². The van der Waals surface area contributed by atoms with Crippen molar-refractivity contribution in [3.8, 4) is 11.4 Å². The van der Waals surface area contributed by atoms with Crippen molar-refractivity contribution in [2.24, 2.45) is 0 Å². The number of carboxylic acid groups (broad SMARTS) is 1. The van der Waals surface area contributed by atoms with Crippen molar-refractivity contribution < 1.29 is 14.7 Å². The van der Waals surface area contributed by atoms with Crippen LogP contribution >= 0.6 is 0 Å². The van der Waals surface area contributed by atoms with Gasteiger partial charge in [-0.1, -0.05) is 0 Å². The zero-order valence-electron chi connectivity index (χ0n) is 11.8. The molecule has 2 amide bonds. The van der Waals surface area contributed by atoms with E-state index >= 15 is 0 Å². The van der Waals surface area contributed by atoms with Crippen molar-refractivity contribution in [3.05, 3.63) is 40.6 Å². The minimum Gasteiger partial charge on any atom is -0.465 e. The van der Waals surface area contributed by atoms with Crippen LogP contribution in [0.1, 0.15) is 10.5 Å². The Bertz CT molecular complexity index is 767. The van der Waals surface area contributed by atoms with E-state index < -0.39 is 11.7 Å². The fraction of sp³-hybridized carbons (Fsp3) is 0.154. The number of pyridine rings is 1. The molecule has 2 heterocycles. The second-order valence-corrected chi connectivity index (χ2v) is 4.53. The number of aromatic amines is 1. The van der Waals surface area contributed by atoms with Crippen molar-refractivity contribution in [1.82, 2.24) is 19.9 Å². The topological polar surface area (TPSA) is 128 Å². The van der Waals surface area contributed by atoms with Crippen LogP contribution in [0.5, 0.6) is 0 Å². The molecule has 0 saturated carbocycles. The lowest BCUT2D eigenvalue weighted by Crippen LogP contribution is -2.23. The highest BCUT2D eigenvalue weighted by Crippen LogP contribution is 2.13. The number of aromatic nitrogens is 3. The van der Waals surface area contributed by atoms with E-state index in [1.165, 1.54) is 29.4 Å². The predicted molar refractivity (Wildman–Crippen MR) is 77.8 cm³/mol. The van der Waals surface area contributed by atoms with Crippen LogP contribution in [0.2, 0.25) is 0 Å². The zero-order chi connectivity index (χ0) is 16.3. The number of hydrogen-bond acceptors (Lipinski definition) is 5. The van der Waals surface area contributed by atoms with Gasteiger partial charge in [-0.25, -0.2) is 9.78 Å². The third kappa shape index (κ3) is 3.26. The van der Waals surface area contributed by atoms with E-state index in [9.17, 15) is 14.4 Å². The number of nitrogens with one attached hydrogen (secondary N) is 2. The quantitative estimate of drug-likeness (QED) is 0.762. The largest absolute Gasteiger partial charge is 0.465 e. The maximum Gasteiger partial charge on any atom is 0.409 e. The van der Waals surface area contributed by atoms with Crippen LogP contribution in [0, 0.1) is 0 Å². The Morgan fingerprint density at radius 3 is 2.45 bits per heavy atom. The lowest BCUT2D eigenvalue weighted by Gasteiger charge is -2.09. The molecular weight excluding hydrogens is 290 g/mol. The average Bonchev–Trinajstić information content (AvgIpc) is 2.48. The number of nitrogens with zero attached hydrogens (tertiary/aromatic N) is 3. The van der Waals surface area contributed by atoms with E-state index in [1.54, 1.807) is 14.1 Å². The molecule has 0 saturated heterocycles. The van der Waals surface area contributed by atoms with Gasteiger partial charge in [0.25, 0.3) is 11.5 Å². The monoisotopic (exact) mass is 303 g/mol. The Labute approximate surface area is 124 Å². The average molecular weight is 303 g/mol. The van der Waals surface area contributed by atoms with E-state index in [4.69, 9.17) is 5.11 Å². The first-order chi connectivity index (χ1) is 10.4. The van der Waals surface area contributed by atoms with Gasteiger partial charge in [-0.05, 0) is 12.1 Å². The van der Waals surface area contributed by atoms with Crippen LogP contribution in [0.3, 0.4) is 0 Å². The highest BCUT2D eigenvalue weighted by atomic mass is 16.4. The van der Waals surface area contributed by atoms with Gasteiger partial charge in [-0.15, -0.1) is 0 Å². The highest BCUT2D eigenvalue weighted by molar-refractivity contribution is 5.91. The first-order valence-corrected chi connectivity index (χ1v) is 6.16. The molecule has 0 bridgehead atoms. The van der Waals surface area contributed by atoms with Gasteiger partial charge in [0, 0.05) is 14.1 Å². The van der Waals surface area contributed by atoms with Gasteiger partial charge in [0.2, 0.25) is 0 Å². The summed E-state index contributed by atoms with van der Waals surface area (Å²) >= 11 is 0. The molecular formula is C13H13N5O4. The molecule has 2 rings (SSSR count). The fourth-order valence-electron chi connectivity index (χ4n) is 1.64. The maximum absolute atomic E-state index is 11.7. The Morgan fingerprint density at radius 2 is 1.95 bits per heavy atom. The van der Waals surface area contributed by atoms with E-state index in [0.29, 0.717) is 11.4 Å². The molecule has 0 radical (unpaired) electrons. The number of carbonyl (C=O) groups is 2. The number of anilines is 1. The molecule has 0 aromatic carbocycles. The number of hydrogen-bond donors (Lipinski definition) is 3. The molecule has 0 unspecified atom stereocenters. The molecule has 0 fully saturated rings. The highest BCUT2D eigenvalue weighted by Gasteiger charge is 2.11. The predicted octanol–water partition coefficient (Wildman–Crippen LogP) is 0.624. The summed E-state index contributed by atoms with van der Waals surface area (Å²) in [4.78, 5) is 45.8. The fourth-order valence-corrected chi connectivity index (χ4v) is 1.64. The van der Waals surface area contributed by atoms with Crippen LogP contribution in [0.15, 0.2) is 29.3 Å². The summed E-state index contributed by atoms with van der Waals surface area (Å²) in [7, 11) is 3.20. The molecule has 0 aliphatic heterocycles. The SMILES string of the molecule is CN(C)C(=O)c1cnc(-c2ccc(NC(=O)O)c(=O)[nH]2)cn1. The summed E-state index contributed by atoms with van der Waals surface area (Å²) in [6.07, 6.45) is 1.33. The first kappa shape index (κ1) is 15.2. The molecule has 9 heteroatoms. The molecule has 114 valence electrons. The molecule has 0 aliphatic rings. The molecule has 0 atom stereocenters. The molecule has 2 aromatic rings. The third-order valence-electron chi connectivity index (χ3n) is 2.70. The Balaban J connectivity index is 2.29. The van der Waals surface area contributed by atoms with Crippen molar-refractivity contribution in [2.75, 3.05) is 19.4 Å². The summed E-state index contributed by atoms with van der Waals surface area (Å²) in [6.45, 7) is 0. The zero-order valence-corrected chi connectivity index (χ0v) is 11.8. The smallest absolute Gasteiger partial charge is 0.409 e. The van der Waals surface area contributed by atoms with Gasteiger partial charge < -0.3 is 15.0 Å². The van der Waals surface area contributed by atoms with Crippen LogP contribution in [-0.2, 0) is 0 Å². The minimum atomic E-state index is -1.33. The first-order valence-electron chi connectivity index (χ1n) is 6.16. The van der Waals surface area contributed by atoms with Gasteiger partial charge in [-0.2, -0.15) is 0 Å². The van der Waals surface area contributed by atoms with Crippen LogP contribution in [0.4, 0.5) is 10.5 Å². The van der Waals surface area contributed by atoms with Crippen LogP contribution < -0.4 is 10.9 Å². The van der Waals surface area contributed by atoms with E-state index in [2.05, 4.69) is 15.0 Å². The summed E-state index contributed by atoms with van der Waals surface area (Å²) in [5.41, 5.74) is 0.200. The van der Waals surface area contributed by atoms with E-state index in [0.717, 1.165) is 0 Å². The number of amides is 2. The van der Waals surface area contributed by atoms with Gasteiger partial charge in [0.15, 0.2) is 0 Å². The van der Waals surface area contributed by atoms with Gasteiger partial charge in [0.05, 0.1) is 18.1 Å². The number of carbonyl (C=O) groups excluding carboxylic acids is 1. The van der Waals surface area contributed by atoms with E-state index in [1.807, 2.05) is 5.32 Å². The molecule has 0 spiro atoms. The lowest BCUT2D eigenvalue weighted by atomic mass is 10.2. The Kier molecular flexibility index (Phi) is 4.16. The second kappa shape index (κ2) is 6.04. The van der Waals surface area contributed by atoms with Crippen LogP contribution in [0.25, 0.3) is 11.4 Å². The summed E-state index contributed by atoms with van der Waals surface area (Å²) in [5.74, 6) is -0.284.